The number of hydrogen-bond acceptors (Lipinski definition) is 3. The van der Waals surface area contributed by atoms with Crippen LogP contribution < -0.4 is 5.32 Å². The molecule has 2 N–H and O–H groups in total. The predicted molar refractivity (Wildman–Crippen MR) is 76.8 cm³/mol. The number of aromatic amines is 1. The molecule has 2 aromatic rings. The third-order valence-electron chi connectivity index (χ3n) is 3.04. The zero-order valence-corrected chi connectivity index (χ0v) is 12.1. The largest absolute Gasteiger partial charge is 0.307 e. The van der Waals surface area contributed by atoms with Crippen molar-refractivity contribution in [1.29, 1.82) is 0 Å². The molecule has 102 valence electrons. The molecule has 0 atom stereocenters. The molecule has 4 nitrogen and oxygen atoms in total. The van der Waals surface area contributed by atoms with E-state index in [1.807, 2.05) is 31.3 Å². The first-order valence-corrected chi connectivity index (χ1v) is 6.63. The molecule has 0 saturated heterocycles. The second kappa shape index (κ2) is 5.53. The summed E-state index contributed by atoms with van der Waals surface area (Å²) in [5, 5.41) is 10.7. The first-order chi connectivity index (χ1) is 8.97. The van der Waals surface area contributed by atoms with E-state index in [1.165, 1.54) is 11.3 Å². The highest BCUT2D eigenvalue weighted by Gasteiger charge is 2.19. The van der Waals surface area contributed by atoms with Crippen molar-refractivity contribution in [1.82, 2.24) is 20.5 Å². The van der Waals surface area contributed by atoms with Crippen LogP contribution in [0.3, 0.4) is 0 Å². The fourth-order valence-corrected chi connectivity index (χ4v) is 2.12. The highest BCUT2D eigenvalue weighted by atomic mass is 15.1. The molecule has 0 aliphatic rings. The summed E-state index contributed by atoms with van der Waals surface area (Å²) in [5.74, 6) is 0. The summed E-state index contributed by atoms with van der Waals surface area (Å²) in [5.41, 5.74) is 4.63. The summed E-state index contributed by atoms with van der Waals surface area (Å²) >= 11 is 0. The average Bonchev–Trinajstić information content (AvgIpc) is 2.77. The number of nitrogens with one attached hydrogen (secondary N) is 2. The normalized spacial score (nSPS) is 11.8. The standard InChI is InChI=1S/C15H22N4/c1-11-6-5-7-13(18-11)10-16-8-12-9-17-19-14(12)15(2,3)4/h5-7,9,16H,8,10H2,1-4H3,(H,17,19). The Morgan fingerprint density at radius 3 is 2.68 bits per heavy atom. The number of H-pyrrole nitrogens is 1. The fraction of sp³-hybridized carbons (Fsp3) is 0.467. The maximum atomic E-state index is 4.48. The summed E-state index contributed by atoms with van der Waals surface area (Å²) in [6.07, 6.45) is 1.90. The molecule has 0 unspecified atom stereocenters. The van der Waals surface area contributed by atoms with Gasteiger partial charge in [-0.15, -0.1) is 0 Å². The van der Waals surface area contributed by atoms with Crippen LogP contribution in [0.1, 0.15) is 43.4 Å². The van der Waals surface area contributed by atoms with Crippen LogP contribution in [0.15, 0.2) is 24.4 Å². The van der Waals surface area contributed by atoms with Gasteiger partial charge in [0.25, 0.3) is 0 Å². The highest BCUT2D eigenvalue weighted by molar-refractivity contribution is 5.23. The molecule has 2 heterocycles. The Bertz CT molecular complexity index is 537. The first kappa shape index (κ1) is 13.7. The third-order valence-corrected chi connectivity index (χ3v) is 3.04. The predicted octanol–water partition coefficient (Wildman–Crippen LogP) is 2.70. The van der Waals surface area contributed by atoms with Crippen LogP contribution in [0.5, 0.6) is 0 Å². The number of pyridine rings is 1. The van der Waals surface area contributed by atoms with Crippen LogP contribution in [0.4, 0.5) is 0 Å². The van der Waals surface area contributed by atoms with E-state index in [1.54, 1.807) is 0 Å². The van der Waals surface area contributed by atoms with Gasteiger partial charge in [-0.1, -0.05) is 26.8 Å². The lowest BCUT2D eigenvalue weighted by molar-refractivity contribution is 0.553. The number of hydrogen-bond donors (Lipinski definition) is 2. The van der Waals surface area contributed by atoms with Crippen molar-refractivity contribution in [2.45, 2.75) is 46.2 Å². The molecule has 0 spiro atoms. The number of aryl methyl sites for hydroxylation is 1. The molecular formula is C15H22N4. The smallest absolute Gasteiger partial charge is 0.0544 e. The van der Waals surface area contributed by atoms with Crippen LogP contribution in [0, 0.1) is 6.92 Å². The molecule has 0 aromatic carbocycles. The zero-order chi connectivity index (χ0) is 13.9. The van der Waals surface area contributed by atoms with E-state index in [0.29, 0.717) is 0 Å². The van der Waals surface area contributed by atoms with Gasteiger partial charge in [0.2, 0.25) is 0 Å². The molecule has 0 saturated carbocycles. The quantitative estimate of drug-likeness (QED) is 0.886. The van der Waals surface area contributed by atoms with E-state index in [9.17, 15) is 0 Å². The molecule has 4 heteroatoms. The van der Waals surface area contributed by atoms with Crippen molar-refractivity contribution >= 4 is 0 Å². The van der Waals surface area contributed by atoms with Gasteiger partial charge in [-0.3, -0.25) is 10.1 Å². The molecule has 0 aliphatic heterocycles. The molecule has 19 heavy (non-hydrogen) atoms. The van der Waals surface area contributed by atoms with Gasteiger partial charge in [-0.25, -0.2) is 0 Å². The highest BCUT2D eigenvalue weighted by Crippen LogP contribution is 2.23. The minimum Gasteiger partial charge on any atom is -0.307 e. The van der Waals surface area contributed by atoms with E-state index in [-0.39, 0.29) is 5.41 Å². The zero-order valence-electron chi connectivity index (χ0n) is 12.1. The molecule has 0 fully saturated rings. The monoisotopic (exact) mass is 258 g/mol. The van der Waals surface area contributed by atoms with Gasteiger partial charge >= 0.3 is 0 Å². The van der Waals surface area contributed by atoms with E-state index >= 15 is 0 Å². The van der Waals surface area contributed by atoms with Crippen LogP contribution in [-0.2, 0) is 18.5 Å². The van der Waals surface area contributed by atoms with Crippen molar-refractivity contribution in [2.24, 2.45) is 0 Å². The minimum absolute atomic E-state index is 0.0924. The molecule has 2 rings (SSSR count). The summed E-state index contributed by atoms with van der Waals surface area (Å²) < 4.78 is 0. The van der Waals surface area contributed by atoms with Gasteiger partial charge in [0.05, 0.1) is 11.9 Å². The van der Waals surface area contributed by atoms with Crippen molar-refractivity contribution in [2.75, 3.05) is 0 Å². The Morgan fingerprint density at radius 2 is 2.00 bits per heavy atom. The van der Waals surface area contributed by atoms with Gasteiger partial charge in [-0.05, 0) is 19.1 Å². The minimum atomic E-state index is 0.0924. The number of nitrogens with zero attached hydrogens (tertiary/aromatic N) is 2. The lowest BCUT2D eigenvalue weighted by Crippen LogP contribution is -2.19. The molecule has 2 aromatic heterocycles. The third kappa shape index (κ3) is 3.64. The average molecular weight is 258 g/mol. The van der Waals surface area contributed by atoms with E-state index in [0.717, 1.165) is 24.5 Å². The molecule has 0 aliphatic carbocycles. The SMILES string of the molecule is Cc1cccc(CNCc2cn[nH]c2C(C)(C)C)n1. The second-order valence-corrected chi connectivity index (χ2v) is 5.89. The van der Waals surface area contributed by atoms with Gasteiger partial charge in [0, 0.05) is 35.5 Å². The van der Waals surface area contributed by atoms with Gasteiger partial charge in [-0.2, -0.15) is 5.10 Å². The van der Waals surface area contributed by atoms with Crippen LogP contribution in [0.25, 0.3) is 0 Å². The Kier molecular flexibility index (Phi) is 4.00. The van der Waals surface area contributed by atoms with Crippen molar-refractivity contribution in [3.8, 4) is 0 Å². The lowest BCUT2D eigenvalue weighted by atomic mass is 9.89. The lowest BCUT2D eigenvalue weighted by Gasteiger charge is -2.18. The fourth-order valence-electron chi connectivity index (χ4n) is 2.12. The number of rotatable bonds is 4. The van der Waals surface area contributed by atoms with E-state index in [2.05, 4.69) is 41.3 Å². The first-order valence-electron chi connectivity index (χ1n) is 6.63. The summed E-state index contributed by atoms with van der Waals surface area (Å²) in [6, 6.07) is 6.09. The topological polar surface area (TPSA) is 53.6 Å². The van der Waals surface area contributed by atoms with Gasteiger partial charge in [0.15, 0.2) is 0 Å². The Balaban J connectivity index is 1.95. The second-order valence-electron chi connectivity index (χ2n) is 5.89. The number of aromatic nitrogens is 3. The van der Waals surface area contributed by atoms with Crippen molar-refractivity contribution in [3.63, 3.8) is 0 Å². The molecular weight excluding hydrogens is 236 g/mol. The molecule has 0 amide bonds. The summed E-state index contributed by atoms with van der Waals surface area (Å²) in [7, 11) is 0. The molecule has 0 bridgehead atoms. The Labute approximate surface area is 114 Å². The summed E-state index contributed by atoms with van der Waals surface area (Å²) in [6.45, 7) is 10.1. The van der Waals surface area contributed by atoms with Crippen LogP contribution in [-0.4, -0.2) is 15.2 Å². The van der Waals surface area contributed by atoms with Crippen LogP contribution in [0.2, 0.25) is 0 Å². The van der Waals surface area contributed by atoms with Crippen molar-refractivity contribution < 1.29 is 0 Å². The van der Waals surface area contributed by atoms with Gasteiger partial charge < -0.3 is 5.32 Å². The Morgan fingerprint density at radius 1 is 1.21 bits per heavy atom. The maximum Gasteiger partial charge on any atom is 0.0544 e. The summed E-state index contributed by atoms with van der Waals surface area (Å²) in [4.78, 5) is 4.48. The maximum absolute atomic E-state index is 4.48. The van der Waals surface area contributed by atoms with E-state index in [4.69, 9.17) is 0 Å². The van der Waals surface area contributed by atoms with E-state index < -0.39 is 0 Å². The van der Waals surface area contributed by atoms with Gasteiger partial charge in [0.1, 0.15) is 0 Å². The van der Waals surface area contributed by atoms with Crippen molar-refractivity contribution in [3.05, 3.63) is 47.0 Å². The molecule has 0 radical (unpaired) electrons. The Hall–Kier alpha value is -1.68. The van der Waals surface area contributed by atoms with Crippen LogP contribution >= 0.6 is 0 Å².